The van der Waals surface area contributed by atoms with Gasteiger partial charge in [-0.3, -0.25) is 28.5 Å². The number of unbranched alkanes of at least 4 members (excludes halogenated alkanes) is 8. The summed E-state index contributed by atoms with van der Waals surface area (Å²) in [7, 11) is -6.33. The number of allylic oxidation sites excluding steroid dienone is 1. The van der Waals surface area contributed by atoms with Crippen LogP contribution < -0.4 is 16.0 Å². The maximum Gasteiger partial charge on any atom is 0.697 e. The van der Waals surface area contributed by atoms with Crippen LogP contribution in [0.2, 0.25) is 0 Å². The summed E-state index contributed by atoms with van der Waals surface area (Å²) in [5, 5.41) is 79.1. The Labute approximate surface area is 691 Å². The van der Waals surface area contributed by atoms with Crippen LogP contribution in [0.1, 0.15) is 261 Å². The molecule has 10 N–H and O–H groups in total. The third kappa shape index (κ3) is 28.7. The Morgan fingerprint density at radius 3 is 1.85 bits per heavy atom. The van der Waals surface area contributed by atoms with E-state index in [-0.39, 0.29) is 138 Å². The number of hydrogen-bond acceptors (Lipinski definition) is 24. The maximum absolute atomic E-state index is 13.8. The third-order valence-electron chi connectivity index (χ3n) is 27.1. The highest BCUT2D eigenvalue weighted by atomic mass is 31.2. The van der Waals surface area contributed by atoms with Crippen LogP contribution in [-0.4, -0.2) is 246 Å². The Hall–Kier alpha value is -3.71. The highest BCUT2D eigenvalue weighted by molar-refractivity contribution is 7.53. The van der Waals surface area contributed by atoms with Crippen molar-refractivity contribution in [1.29, 1.82) is 0 Å². The zero-order chi connectivity index (χ0) is 84.3. The molecular weight excluding hydrogens is 1540 g/mol. The van der Waals surface area contributed by atoms with Gasteiger partial charge in [0.25, 0.3) is 0 Å². The first-order valence-corrected chi connectivity index (χ1v) is 47.5. The third-order valence-corrected chi connectivity index (χ3v) is 29.2. The van der Waals surface area contributed by atoms with Crippen LogP contribution in [0.15, 0.2) is 11.6 Å². The normalized spacial score (nSPS) is 33.0. The van der Waals surface area contributed by atoms with Gasteiger partial charge in [-0.25, -0.2) is 4.79 Å². The molecular formula is C85H148N5O24P2+. The Balaban J connectivity index is 0.657. The number of carbonyl (C=O) groups is 6. The van der Waals surface area contributed by atoms with Gasteiger partial charge in [-0.1, -0.05) is 106 Å². The lowest BCUT2D eigenvalue weighted by Crippen LogP contribution is -2.55. The van der Waals surface area contributed by atoms with Gasteiger partial charge < -0.3 is 94.2 Å². The Bertz CT molecular complexity index is 3140. The molecule has 4 aliphatic heterocycles. The minimum absolute atomic E-state index is 0.0247. The molecule has 666 valence electrons. The number of aliphatic hydroxyl groups is 7. The fourth-order valence-electron chi connectivity index (χ4n) is 20.3. The quantitative estimate of drug-likeness (QED) is 0.0154. The standard InChI is InChI=1S/C85H147N5O24P2/c1-55(2)24-23-25-57(4)66-34-35-67-65-33-32-60-47-63(36-38-84(60,7)68(65)37-39-85(66,67)8)111-83(103)87-41-19-12-15-31-76(98)90-50-64(48-61(90)51-91)114-116(9,105)110-45-44-108-115(104)109-54-62-46-56(3)49-89(62)75(97)30-14-11-10-13-27-70(94)69(88-74(96)29-18-22-43-107-82-59(6)78(100)80(102)72(53-93)113-82)26-16-20-40-86-73(95)28-17-21-42-106-81-58(5)77(99)79(101)71(52-92)112-81/h32,55-59,61-69,71-72,77-82,91-93,99-102H,10-31,33-54H2,1-9H3,(H2-,86,87,88,95,96,103)/p+1/t56-,57-,58?,59?,61+,62+,63?,64?,65?,66-,67?,68?,69+,71?,72?,77?,78?,79?,80?,81?,82?,84+,85-,116?/m1/s1. The smallest absolute Gasteiger partial charge is 0.446 e. The molecule has 4 heterocycles. The average Bonchev–Trinajstić information content (AvgIpc) is 1.48. The monoisotopic (exact) mass is 1680 g/mol. The van der Waals surface area contributed by atoms with Crippen molar-refractivity contribution in [3.05, 3.63) is 11.6 Å². The molecule has 0 aromatic heterocycles. The molecule has 0 bridgehead atoms. The van der Waals surface area contributed by atoms with Crippen molar-refractivity contribution < 1.29 is 115 Å². The molecule has 4 saturated heterocycles. The summed E-state index contributed by atoms with van der Waals surface area (Å²) in [6.45, 7) is 19.2. The fraction of sp³-hybridized carbons (Fsp3) is 0.906. The number of hydrogen-bond donors (Lipinski definition) is 10. The molecule has 8 rings (SSSR count). The number of ketones is 1. The number of aliphatic hydroxyl groups excluding tert-OH is 7. The molecule has 0 radical (unpaired) electrons. The molecule has 25 atom stereocenters. The second-order valence-electron chi connectivity index (χ2n) is 36.3. The molecule has 3 saturated carbocycles. The van der Waals surface area contributed by atoms with E-state index in [0.717, 1.165) is 55.3 Å². The number of alkyl carbamates (subject to hydrolysis) is 1. The number of carbonyl (C=O) groups excluding carboxylic acids is 6. The van der Waals surface area contributed by atoms with Gasteiger partial charge in [0, 0.05) is 101 Å². The van der Waals surface area contributed by atoms with Crippen molar-refractivity contribution in [2.75, 3.05) is 85.7 Å². The highest BCUT2D eigenvalue weighted by Gasteiger charge is 2.60. The number of nitrogens with zero attached hydrogens (tertiary/aromatic N) is 2. The number of amides is 5. The highest BCUT2D eigenvalue weighted by Crippen LogP contribution is 2.67. The lowest BCUT2D eigenvalue weighted by molar-refractivity contribution is -0.282. The van der Waals surface area contributed by atoms with Crippen LogP contribution in [-0.2, 0) is 74.9 Å². The van der Waals surface area contributed by atoms with Crippen molar-refractivity contribution in [2.45, 2.75) is 340 Å². The van der Waals surface area contributed by atoms with E-state index in [2.05, 4.69) is 56.6 Å². The van der Waals surface area contributed by atoms with Gasteiger partial charge in [0.15, 0.2) is 18.4 Å². The van der Waals surface area contributed by atoms with Gasteiger partial charge in [-0.2, -0.15) is 0 Å². The van der Waals surface area contributed by atoms with Crippen LogP contribution >= 0.6 is 15.9 Å². The van der Waals surface area contributed by atoms with Gasteiger partial charge in [0.2, 0.25) is 23.6 Å². The lowest BCUT2D eigenvalue weighted by atomic mass is 9.47. The van der Waals surface area contributed by atoms with E-state index < -0.39 is 114 Å². The van der Waals surface area contributed by atoms with Gasteiger partial charge in [0.1, 0.15) is 43.7 Å². The first-order chi connectivity index (χ1) is 55.4. The van der Waals surface area contributed by atoms with E-state index in [4.69, 9.17) is 41.8 Å². The van der Waals surface area contributed by atoms with E-state index in [1.807, 2.05) is 6.92 Å². The molecule has 31 heteroatoms. The predicted molar refractivity (Wildman–Crippen MR) is 435 cm³/mol. The van der Waals surface area contributed by atoms with E-state index in [9.17, 15) is 73.6 Å². The summed E-state index contributed by atoms with van der Waals surface area (Å²) in [6, 6.07) is -1.61. The first-order valence-electron chi connectivity index (χ1n) is 44.4. The summed E-state index contributed by atoms with van der Waals surface area (Å²) < 4.78 is 77.7. The second kappa shape index (κ2) is 48.4. The van der Waals surface area contributed by atoms with Crippen molar-refractivity contribution in [1.82, 2.24) is 25.8 Å². The topological polar surface area (TPSA) is 404 Å². The number of likely N-dealkylation sites (tertiary alicyclic amines) is 2. The summed E-state index contributed by atoms with van der Waals surface area (Å²) in [5.41, 5.74) is 2.12. The average molecular weight is 1690 g/mol. The first kappa shape index (κ1) is 97.7. The Morgan fingerprint density at radius 1 is 0.612 bits per heavy atom. The van der Waals surface area contributed by atoms with Crippen molar-refractivity contribution >= 4 is 51.4 Å². The Morgan fingerprint density at radius 2 is 1.22 bits per heavy atom. The van der Waals surface area contributed by atoms with Crippen molar-refractivity contribution in [2.24, 2.45) is 64.1 Å². The van der Waals surface area contributed by atoms with Crippen molar-refractivity contribution in [3.8, 4) is 0 Å². The SMILES string of the molecule is CC(C)CCC[C@@H](C)[C@H]1CCC2C3CC=C4CC(OC(=O)NCCCCCC(=O)N5CC(OP(C)(=O)OCCO[P+](=O)OC[C@@H]6C[C@@H](C)CN6C(=O)CCCCCCC(=O)[C@H](CCCCNC(=O)CCCCOC6OC(CO)C(O)C(O)C6C)NC(=O)CCCCOC6OC(CO)C(O)C(O)C6C)C[C@H]5CO)CC[C@]4(C)C3CC[C@@]21C. The molecule has 0 aromatic rings. The number of Topliss-reactive ketones (excluding diaryl/α,β-unsaturated/α-hetero) is 1. The summed E-state index contributed by atoms with van der Waals surface area (Å²) in [5.74, 6) is 2.94. The largest absolute Gasteiger partial charge is 0.697 e. The molecule has 17 unspecified atom stereocenters. The molecule has 0 spiro atoms. The number of nitrogens with one attached hydrogen (secondary N) is 3. The van der Waals surface area contributed by atoms with E-state index >= 15 is 0 Å². The summed E-state index contributed by atoms with van der Waals surface area (Å²) >= 11 is 0. The van der Waals surface area contributed by atoms with E-state index in [1.165, 1.54) is 57.2 Å². The molecule has 0 aromatic carbocycles. The molecule has 4 aliphatic carbocycles. The Kier molecular flexibility index (Phi) is 40.8. The maximum atomic E-state index is 13.8. The van der Waals surface area contributed by atoms with Gasteiger partial charge in [-0.15, -0.1) is 9.05 Å². The second-order valence-corrected chi connectivity index (χ2v) is 39.2. The fourth-order valence-corrected chi connectivity index (χ4v) is 22.1. The van der Waals surface area contributed by atoms with E-state index in [0.29, 0.717) is 127 Å². The molecule has 116 heavy (non-hydrogen) atoms. The predicted octanol–water partition coefficient (Wildman–Crippen LogP) is 10.6. The van der Waals surface area contributed by atoms with Crippen LogP contribution in [0.4, 0.5) is 4.79 Å². The number of rotatable bonds is 51. The van der Waals surface area contributed by atoms with Crippen LogP contribution in [0.3, 0.4) is 0 Å². The summed E-state index contributed by atoms with van der Waals surface area (Å²) in [4.78, 5) is 83.2. The number of fused-ring (bicyclic) bond motifs is 5. The minimum Gasteiger partial charge on any atom is -0.446 e. The molecule has 5 amide bonds. The van der Waals surface area contributed by atoms with Crippen LogP contribution in [0.25, 0.3) is 0 Å². The zero-order valence-corrected chi connectivity index (χ0v) is 73.0. The van der Waals surface area contributed by atoms with Crippen LogP contribution in [0.5, 0.6) is 0 Å². The van der Waals surface area contributed by atoms with Gasteiger partial charge in [0.05, 0.1) is 62.9 Å². The van der Waals surface area contributed by atoms with Gasteiger partial charge >= 0.3 is 21.9 Å². The van der Waals surface area contributed by atoms with E-state index in [1.54, 1.807) is 23.6 Å². The van der Waals surface area contributed by atoms with Gasteiger partial charge in [-0.05, 0) is 181 Å². The number of ether oxygens (including phenoxy) is 5. The molecule has 7 fully saturated rings. The molecule has 8 aliphatic rings. The summed E-state index contributed by atoms with van der Waals surface area (Å²) in [6.07, 6.45) is 16.1. The van der Waals surface area contributed by atoms with Crippen molar-refractivity contribution in [3.63, 3.8) is 0 Å². The molecule has 29 nitrogen and oxygen atoms in total. The minimum atomic E-state index is -3.70. The lowest BCUT2D eigenvalue weighted by Gasteiger charge is -2.58. The van der Waals surface area contributed by atoms with Crippen LogP contribution in [0, 0.1) is 64.1 Å². The zero-order valence-electron chi connectivity index (χ0n) is 71.3.